The molecule has 3 N–H and O–H groups in total. The highest BCUT2D eigenvalue weighted by atomic mass is 31.2. The molecule has 0 radical (unpaired) electrons. The average molecular weight is 1170 g/mol. The molecule has 0 aliphatic heterocycles. The largest absolute Gasteiger partial charge is 0.472 e. The molecule has 0 amide bonds. The lowest BCUT2D eigenvalue weighted by molar-refractivity contribution is -0.161. The first-order valence-electron chi connectivity index (χ1n) is 31.6. The molecule has 0 saturated carbocycles. The summed E-state index contributed by atoms with van der Waals surface area (Å²) in [4.78, 5) is 71.9. The van der Waals surface area contributed by atoms with E-state index < -0.39 is 97.5 Å². The molecule has 0 rings (SSSR count). The van der Waals surface area contributed by atoms with E-state index in [4.69, 9.17) is 37.0 Å². The van der Waals surface area contributed by atoms with E-state index in [2.05, 4.69) is 34.6 Å². The van der Waals surface area contributed by atoms with Gasteiger partial charge in [0.25, 0.3) is 0 Å². The van der Waals surface area contributed by atoms with Crippen LogP contribution in [0.4, 0.5) is 0 Å². The number of rotatable bonds is 60. The third-order valence-electron chi connectivity index (χ3n) is 13.8. The second kappa shape index (κ2) is 54.0. The number of hydrogen-bond acceptors (Lipinski definition) is 15. The van der Waals surface area contributed by atoms with Crippen molar-refractivity contribution < 1.29 is 80.2 Å². The summed E-state index contributed by atoms with van der Waals surface area (Å²) >= 11 is 0. The zero-order valence-corrected chi connectivity index (χ0v) is 52.3. The van der Waals surface area contributed by atoms with Crippen molar-refractivity contribution in [2.24, 2.45) is 5.92 Å². The van der Waals surface area contributed by atoms with Crippen LogP contribution in [0, 0.1) is 5.92 Å². The van der Waals surface area contributed by atoms with Gasteiger partial charge in [-0.05, 0) is 31.6 Å². The standard InChI is InChI=1S/C60H116O17P2/c1-6-9-12-15-18-21-25-29-34-39-44-58(63)71-50-56(77-60(65)46-41-36-31-26-22-24-27-32-37-42-53(4)5)52-75-79(68,69)73-48-54(61)47-72-78(66,67)74-51-55(49-70-57(62)43-38-33-28-20-17-14-11-8-3)76-59(64)45-40-35-30-23-19-16-13-10-7-2/h53-56,61H,6-52H2,1-5H3,(H,66,67)(H,68,69)/t54-,55+,56+/m0/s1. The smallest absolute Gasteiger partial charge is 0.462 e. The van der Waals surface area contributed by atoms with Crippen LogP contribution in [0.25, 0.3) is 0 Å². The lowest BCUT2D eigenvalue weighted by atomic mass is 10.0. The maximum Gasteiger partial charge on any atom is 0.472 e. The Hall–Kier alpha value is -1.94. The van der Waals surface area contributed by atoms with E-state index in [0.717, 1.165) is 102 Å². The molecule has 0 bridgehead atoms. The van der Waals surface area contributed by atoms with Crippen LogP contribution in [0.2, 0.25) is 0 Å². The van der Waals surface area contributed by atoms with Gasteiger partial charge in [0, 0.05) is 25.7 Å². The van der Waals surface area contributed by atoms with E-state index in [9.17, 15) is 43.2 Å². The third-order valence-corrected chi connectivity index (χ3v) is 15.7. The predicted molar refractivity (Wildman–Crippen MR) is 312 cm³/mol. The molecule has 0 aliphatic rings. The zero-order valence-electron chi connectivity index (χ0n) is 50.5. The fraction of sp³-hybridized carbons (Fsp3) is 0.933. The van der Waals surface area contributed by atoms with Gasteiger partial charge in [-0.3, -0.25) is 37.3 Å². The van der Waals surface area contributed by atoms with Crippen molar-refractivity contribution in [3.63, 3.8) is 0 Å². The van der Waals surface area contributed by atoms with Crippen molar-refractivity contribution in [1.82, 2.24) is 0 Å². The molecule has 5 atom stereocenters. The first-order valence-corrected chi connectivity index (χ1v) is 34.6. The molecule has 468 valence electrons. The highest BCUT2D eigenvalue weighted by Crippen LogP contribution is 2.45. The third kappa shape index (κ3) is 55.0. The number of phosphoric acid groups is 2. The second-order valence-corrected chi connectivity index (χ2v) is 25.1. The Morgan fingerprint density at radius 3 is 0.861 bits per heavy atom. The summed E-state index contributed by atoms with van der Waals surface area (Å²) < 4.78 is 67.7. The first kappa shape index (κ1) is 77.1. The molecule has 0 aliphatic carbocycles. The van der Waals surface area contributed by atoms with Crippen LogP contribution in [0.1, 0.15) is 298 Å². The molecule has 0 aromatic carbocycles. The average Bonchev–Trinajstić information content (AvgIpc) is 3.41. The minimum atomic E-state index is -4.94. The van der Waals surface area contributed by atoms with Crippen LogP contribution in [0.5, 0.6) is 0 Å². The molecule has 0 aromatic heterocycles. The topological polar surface area (TPSA) is 237 Å². The Morgan fingerprint density at radius 1 is 0.342 bits per heavy atom. The van der Waals surface area contributed by atoms with Gasteiger partial charge in [0.1, 0.15) is 19.3 Å². The van der Waals surface area contributed by atoms with Gasteiger partial charge >= 0.3 is 39.5 Å². The van der Waals surface area contributed by atoms with Crippen molar-refractivity contribution in [2.45, 2.75) is 316 Å². The monoisotopic (exact) mass is 1170 g/mol. The molecule has 0 aromatic rings. The van der Waals surface area contributed by atoms with Gasteiger partial charge in [0.05, 0.1) is 26.4 Å². The summed E-state index contributed by atoms with van der Waals surface area (Å²) in [5, 5.41) is 10.5. The SMILES string of the molecule is CCCCCCCCCCCCC(=O)OC[C@H](COP(=O)(O)OC[C@@H](O)COP(=O)(O)OC[C@@H](COC(=O)CCCCCCCCCC)OC(=O)CCCCCCCCCCC)OC(=O)CCCCCCCCCCCC(C)C. The molecule has 19 heteroatoms. The van der Waals surface area contributed by atoms with Gasteiger partial charge < -0.3 is 33.8 Å². The minimum absolute atomic E-state index is 0.105. The van der Waals surface area contributed by atoms with Crippen LogP contribution in [-0.4, -0.2) is 96.7 Å². The van der Waals surface area contributed by atoms with Gasteiger partial charge in [-0.2, -0.15) is 0 Å². The zero-order chi connectivity index (χ0) is 58.5. The second-order valence-electron chi connectivity index (χ2n) is 22.2. The lowest BCUT2D eigenvalue weighted by Crippen LogP contribution is -2.30. The predicted octanol–water partition coefficient (Wildman–Crippen LogP) is 16.2. The number of carbonyl (C=O) groups excluding carboxylic acids is 4. The van der Waals surface area contributed by atoms with Gasteiger partial charge in [-0.1, -0.05) is 247 Å². The van der Waals surface area contributed by atoms with Gasteiger partial charge in [-0.25, -0.2) is 9.13 Å². The highest BCUT2D eigenvalue weighted by molar-refractivity contribution is 7.47. The normalized spacial score (nSPS) is 14.3. The number of aliphatic hydroxyl groups is 1. The number of hydrogen-bond donors (Lipinski definition) is 3. The summed E-state index contributed by atoms with van der Waals surface area (Å²) in [5.41, 5.74) is 0. The van der Waals surface area contributed by atoms with Crippen molar-refractivity contribution in [3.8, 4) is 0 Å². The van der Waals surface area contributed by atoms with Gasteiger partial charge in [0.2, 0.25) is 0 Å². The Bertz CT molecular complexity index is 1550. The summed E-state index contributed by atoms with van der Waals surface area (Å²) in [5.74, 6) is -1.41. The van der Waals surface area contributed by atoms with Crippen molar-refractivity contribution in [3.05, 3.63) is 0 Å². The molecular formula is C60H116O17P2. The molecule has 2 unspecified atom stereocenters. The number of esters is 4. The van der Waals surface area contributed by atoms with Gasteiger partial charge in [-0.15, -0.1) is 0 Å². The maximum absolute atomic E-state index is 12.9. The van der Waals surface area contributed by atoms with Crippen LogP contribution in [0.15, 0.2) is 0 Å². The van der Waals surface area contributed by atoms with Crippen LogP contribution in [-0.2, 0) is 65.4 Å². The Balaban J connectivity index is 5.22. The molecular weight excluding hydrogens is 1050 g/mol. The molecule has 17 nitrogen and oxygen atoms in total. The number of ether oxygens (including phenoxy) is 4. The van der Waals surface area contributed by atoms with E-state index in [1.54, 1.807) is 0 Å². The van der Waals surface area contributed by atoms with E-state index in [-0.39, 0.29) is 25.7 Å². The van der Waals surface area contributed by atoms with Crippen molar-refractivity contribution >= 4 is 39.5 Å². The highest BCUT2D eigenvalue weighted by Gasteiger charge is 2.30. The van der Waals surface area contributed by atoms with E-state index in [1.807, 2.05) is 0 Å². The summed E-state index contributed by atoms with van der Waals surface area (Å²) in [6.45, 7) is 7.09. The summed E-state index contributed by atoms with van der Waals surface area (Å²) in [6, 6.07) is 0. The lowest BCUT2D eigenvalue weighted by Gasteiger charge is -2.21. The maximum atomic E-state index is 12.9. The summed E-state index contributed by atoms with van der Waals surface area (Å²) in [6.07, 6.45) is 36.2. The van der Waals surface area contributed by atoms with Crippen LogP contribution in [0.3, 0.4) is 0 Å². The molecule has 0 spiro atoms. The molecule has 0 saturated heterocycles. The number of unbranched alkanes of at least 4 members (excludes halogenated alkanes) is 32. The van der Waals surface area contributed by atoms with Gasteiger partial charge in [0.15, 0.2) is 12.2 Å². The minimum Gasteiger partial charge on any atom is -0.462 e. The van der Waals surface area contributed by atoms with E-state index in [1.165, 1.54) is 116 Å². The van der Waals surface area contributed by atoms with E-state index >= 15 is 0 Å². The molecule has 79 heavy (non-hydrogen) atoms. The van der Waals surface area contributed by atoms with Crippen LogP contribution >= 0.6 is 15.6 Å². The Kier molecular flexibility index (Phi) is 52.7. The van der Waals surface area contributed by atoms with Crippen LogP contribution < -0.4 is 0 Å². The number of phosphoric ester groups is 2. The van der Waals surface area contributed by atoms with Crippen molar-refractivity contribution in [2.75, 3.05) is 39.6 Å². The number of carbonyl (C=O) groups is 4. The molecule has 0 fully saturated rings. The van der Waals surface area contributed by atoms with E-state index in [0.29, 0.717) is 25.7 Å². The Morgan fingerprint density at radius 2 is 0.582 bits per heavy atom. The Labute approximate surface area is 479 Å². The van der Waals surface area contributed by atoms with Crippen molar-refractivity contribution in [1.29, 1.82) is 0 Å². The fourth-order valence-electron chi connectivity index (χ4n) is 8.88. The molecule has 0 heterocycles. The first-order chi connectivity index (χ1) is 38.0. The quantitative estimate of drug-likeness (QED) is 0.0222. The fourth-order valence-corrected chi connectivity index (χ4v) is 10.5. The summed E-state index contributed by atoms with van der Waals surface area (Å²) in [7, 11) is -9.87. The number of aliphatic hydroxyl groups excluding tert-OH is 1.